The summed E-state index contributed by atoms with van der Waals surface area (Å²) >= 11 is 2.18. The Morgan fingerprint density at radius 1 is 1.33 bits per heavy atom. The van der Waals surface area contributed by atoms with E-state index in [0.29, 0.717) is 4.78 Å². The molecule has 0 spiro atoms. The second-order valence-corrected chi connectivity index (χ2v) is 8.46. The van der Waals surface area contributed by atoms with Gasteiger partial charge in [0.05, 0.1) is 0 Å². The molecule has 0 aliphatic heterocycles. The predicted molar refractivity (Wildman–Crippen MR) is 58.1 cm³/mol. The van der Waals surface area contributed by atoms with Gasteiger partial charge in [-0.1, -0.05) is 0 Å². The van der Waals surface area contributed by atoms with Crippen molar-refractivity contribution < 1.29 is 4.43 Å². The van der Waals surface area contributed by atoms with Crippen LogP contribution >= 0.6 is 0 Å². The maximum atomic E-state index is 6.03. The van der Waals surface area contributed by atoms with Crippen LogP contribution in [0, 0.1) is 0 Å². The van der Waals surface area contributed by atoms with Crippen molar-refractivity contribution in [1.29, 1.82) is 0 Å². The molecular formula is C9H21LiOSi. The molecule has 0 aromatic heterocycles. The molecule has 0 fully saturated rings. The first-order chi connectivity index (χ1) is 5.52. The van der Waals surface area contributed by atoms with E-state index in [0.717, 1.165) is 6.42 Å². The summed E-state index contributed by atoms with van der Waals surface area (Å²) in [6.45, 7) is 9.09. The van der Waals surface area contributed by atoms with Crippen LogP contribution in [-0.2, 0) is 4.43 Å². The number of unbranched alkanes of at least 4 members (excludes halogenated alkanes) is 1. The summed E-state index contributed by atoms with van der Waals surface area (Å²) < 4.78 is 6.49. The molecule has 0 amide bonds. The van der Waals surface area contributed by atoms with Gasteiger partial charge in [-0.15, -0.1) is 0 Å². The van der Waals surface area contributed by atoms with E-state index in [1.54, 1.807) is 0 Å². The van der Waals surface area contributed by atoms with Crippen LogP contribution < -0.4 is 0 Å². The van der Waals surface area contributed by atoms with Crippen LogP contribution in [0.3, 0.4) is 0 Å². The summed E-state index contributed by atoms with van der Waals surface area (Å²) in [6, 6.07) is 1.31. The van der Waals surface area contributed by atoms with Gasteiger partial charge >= 0.3 is 87.5 Å². The first kappa shape index (κ1) is 12.8. The molecule has 12 heavy (non-hydrogen) atoms. The molecule has 0 rings (SSSR count). The summed E-state index contributed by atoms with van der Waals surface area (Å²) in [5, 5.41) is 0. The molecule has 0 saturated carbocycles. The summed E-state index contributed by atoms with van der Waals surface area (Å²) in [7, 11) is -1.31. The van der Waals surface area contributed by atoms with Gasteiger partial charge in [0.1, 0.15) is 0 Å². The van der Waals surface area contributed by atoms with Crippen molar-refractivity contribution in [2.45, 2.75) is 57.0 Å². The van der Waals surface area contributed by atoms with E-state index in [-0.39, 0.29) is 0 Å². The van der Waals surface area contributed by atoms with E-state index in [1.165, 1.54) is 18.9 Å². The van der Waals surface area contributed by atoms with Crippen LogP contribution in [0.2, 0.25) is 19.1 Å². The van der Waals surface area contributed by atoms with Crippen molar-refractivity contribution >= 4 is 26.0 Å². The molecule has 1 atom stereocenters. The normalized spacial score (nSPS) is 14.8. The molecule has 0 heterocycles. The number of rotatable bonds is 6. The Hall–Kier alpha value is 0.774. The van der Waals surface area contributed by atoms with Gasteiger partial charge in [-0.05, 0) is 0 Å². The van der Waals surface area contributed by atoms with Gasteiger partial charge in [-0.3, -0.25) is 0 Å². The molecule has 1 nitrogen and oxygen atoms in total. The summed E-state index contributed by atoms with van der Waals surface area (Å²) in [5.74, 6) is 0. The molecule has 0 saturated heterocycles. The standard InChI is InChI=1S/C9H21OSi.Li/c1-5-7-9-11(3,4)10-8-6-2;/h8H,5-7,9H2,1-4H3;. The van der Waals surface area contributed by atoms with Crippen molar-refractivity contribution in [2.75, 3.05) is 0 Å². The van der Waals surface area contributed by atoms with Gasteiger partial charge in [0.15, 0.2) is 0 Å². The molecule has 1 unspecified atom stereocenters. The van der Waals surface area contributed by atoms with Crippen molar-refractivity contribution in [3.8, 4) is 0 Å². The molecule has 0 aromatic rings. The first-order valence-electron chi connectivity index (χ1n) is 5.19. The third-order valence-electron chi connectivity index (χ3n) is 2.23. The second kappa shape index (κ2) is 6.26. The molecule has 0 radical (unpaired) electrons. The van der Waals surface area contributed by atoms with Gasteiger partial charge in [-0.2, -0.15) is 0 Å². The molecule has 68 valence electrons. The Kier molecular flexibility index (Phi) is 6.67. The third kappa shape index (κ3) is 6.31. The minimum absolute atomic E-state index is 0.462. The quantitative estimate of drug-likeness (QED) is 0.571. The predicted octanol–water partition coefficient (Wildman–Crippen LogP) is 2.91. The van der Waals surface area contributed by atoms with E-state index in [1.807, 2.05) is 0 Å². The Balaban J connectivity index is 3.69. The van der Waals surface area contributed by atoms with E-state index in [9.17, 15) is 0 Å². The fourth-order valence-corrected chi connectivity index (χ4v) is 3.87. The molecule has 0 N–H and O–H groups in total. The fourth-order valence-electron chi connectivity index (χ4n) is 1.29. The summed E-state index contributed by atoms with van der Waals surface area (Å²) in [5.41, 5.74) is 0. The molecular weight excluding hydrogens is 159 g/mol. The number of hydrogen-bond donors (Lipinski definition) is 0. The first-order valence-corrected chi connectivity index (χ1v) is 8.31. The van der Waals surface area contributed by atoms with E-state index in [4.69, 9.17) is 4.43 Å². The summed E-state index contributed by atoms with van der Waals surface area (Å²) in [4.78, 5) is 0. The van der Waals surface area contributed by atoms with Crippen LogP contribution in [0.15, 0.2) is 0 Å². The zero-order valence-corrected chi connectivity index (χ0v) is 10.3. The third-order valence-corrected chi connectivity index (χ3v) is 4.83. The van der Waals surface area contributed by atoms with Crippen LogP contribution in [0.25, 0.3) is 0 Å². The van der Waals surface area contributed by atoms with Gasteiger partial charge in [0, 0.05) is 0 Å². The van der Waals surface area contributed by atoms with Crippen LogP contribution in [0.4, 0.5) is 0 Å². The zero-order valence-electron chi connectivity index (χ0n) is 9.31. The Morgan fingerprint density at radius 3 is 2.33 bits per heavy atom. The molecule has 3 heteroatoms. The Bertz CT molecular complexity index is 117. The van der Waals surface area contributed by atoms with Crippen LogP contribution in [0.1, 0.15) is 33.1 Å². The zero-order chi connectivity index (χ0) is 9.61. The van der Waals surface area contributed by atoms with Gasteiger partial charge in [-0.25, -0.2) is 0 Å². The maximum absolute atomic E-state index is 6.03. The monoisotopic (exact) mass is 180 g/mol. The molecule has 0 aliphatic rings. The Labute approximate surface area is 87.6 Å². The van der Waals surface area contributed by atoms with Gasteiger partial charge in [0.2, 0.25) is 0 Å². The van der Waals surface area contributed by atoms with Crippen LogP contribution in [-0.4, -0.2) is 30.8 Å². The topological polar surface area (TPSA) is 9.23 Å². The van der Waals surface area contributed by atoms with Crippen molar-refractivity contribution in [3.05, 3.63) is 0 Å². The average molecular weight is 180 g/mol. The van der Waals surface area contributed by atoms with E-state index < -0.39 is 8.32 Å². The minimum atomic E-state index is -1.31. The van der Waals surface area contributed by atoms with Crippen molar-refractivity contribution in [3.63, 3.8) is 0 Å². The molecule has 0 aromatic carbocycles. The second-order valence-electron chi connectivity index (χ2n) is 4.20. The SMILES string of the molecule is [Li][CH](CC)O[Si](C)(C)CCCC. The van der Waals surface area contributed by atoms with E-state index in [2.05, 4.69) is 44.7 Å². The fraction of sp³-hybridized carbons (Fsp3) is 1.00. The molecule has 0 aliphatic carbocycles. The van der Waals surface area contributed by atoms with Crippen molar-refractivity contribution in [1.82, 2.24) is 0 Å². The van der Waals surface area contributed by atoms with Crippen LogP contribution in [0.5, 0.6) is 0 Å². The average Bonchev–Trinajstić information content (AvgIpc) is 2.00. The summed E-state index contributed by atoms with van der Waals surface area (Å²) in [6.07, 6.45) is 3.76. The van der Waals surface area contributed by atoms with Gasteiger partial charge in [0.25, 0.3) is 0 Å². The molecule has 0 bridgehead atoms. The van der Waals surface area contributed by atoms with E-state index >= 15 is 0 Å². The number of hydrogen-bond acceptors (Lipinski definition) is 1. The van der Waals surface area contributed by atoms with Gasteiger partial charge < -0.3 is 0 Å². The van der Waals surface area contributed by atoms with Crippen molar-refractivity contribution in [2.24, 2.45) is 0 Å². The Morgan fingerprint density at radius 2 is 1.92 bits per heavy atom.